The van der Waals surface area contributed by atoms with E-state index in [1.54, 1.807) is 0 Å². The molecule has 0 unspecified atom stereocenters. The van der Waals surface area contributed by atoms with Crippen molar-refractivity contribution >= 4 is 12.2 Å². The molecule has 24 heavy (non-hydrogen) atoms. The Balaban J connectivity index is 1.54. The first-order chi connectivity index (χ1) is 10.9. The summed E-state index contributed by atoms with van der Waals surface area (Å²) in [5.41, 5.74) is -0.912. The fraction of sp³-hybridized carbons (Fsp3) is 0.889. The molecule has 3 aliphatic rings. The third-order valence-corrected chi connectivity index (χ3v) is 5.23. The summed E-state index contributed by atoms with van der Waals surface area (Å²) in [5.74, 6) is 1.98. The first-order valence-electron chi connectivity index (χ1n) is 8.90. The number of likely N-dealkylation sites (tertiary alicyclic amines) is 2. The highest BCUT2D eigenvalue weighted by atomic mass is 16.6. The van der Waals surface area contributed by atoms with Crippen LogP contribution in [0.1, 0.15) is 41.5 Å². The lowest BCUT2D eigenvalue weighted by atomic mass is 9.60. The van der Waals surface area contributed by atoms with Gasteiger partial charge in [-0.1, -0.05) is 0 Å². The highest BCUT2D eigenvalue weighted by Crippen LogP contribution is 2.54. The summed E-state index contributed by atoms with van der Waals surface area (Å²) in [7, 11) is 0. The van der Waals surface area contributed by atoms with Crippen molar-refractivity contribution in [3.63, 3.8) is 0 Å². The Kier molecular flexibility index (Phi) is 4.00. The summed E-state index contributed by atoms with van der Waals surface area (Å²) in [6.07, 6.45) is -0.419. The summed E-state index contributed by atoms with van der Waals surface area (Å²) in [6.45, 7) is 14.4. The molecule has 136 valence electrons. The van der Waals surface area contributed by atoms with Gasteiger partial charge in [-0.05, 0) is 65.2 Å². The molecule has 0 atom stereocenters. The number of carbonyl (C=O) groups is 2. The third kappa shape index (κ3) is 3.33. The molecule has 2 aliphatic heterocycles. The number of carbonyl (C=O) groups excluding carboxylic acids is 2. The first-order valence-corrected chi connectivity index (χ1v) is 8.90. The lowest BCUT2D eigenvalue weighted by Gasteiger charge is -2.42. The topological polar surface area (TPSA) is 59.1 Å². The molecule has 6 heteroatoms. The largest absolute Gasteiger partial charge is 0.444 e. The zero-order chi connectivity index (χ0) is 17.9. The van der Waals surface area contributed by atoms with E-state index in [2.05, 4.69) is 0 Å². The minimum atomic E-state index is -0.456. The van der Waals surface area contributed by atoms with Gasteiger partial charge in [0.05, 0.1) is 0 Å². The quantitative estimate of drug-likeness (QED) is 0.681. The maximum absolute atomic E-state index is 12.2. The van der Waals surface area contributed by atoms with Gasteiger partial charge in [0.15, 0.2) is 0 Å². The highest BCUT2D eigenvalue weighted by Gasteiger charge is 2.59. The van der Waals surface area contributed by atoms with Crippen molar-refractivity contribution in [2.45, 2.75) is 52.7 Å². The number of ether oxygens (including phenoxy) is 2. The Morgan fingerprint density at radius 1 is 0.667 bits per heavy atom. The summed E-state index contributed by atoms with van der Waals surface area (Å²) in [4.78, 5) is 28.2. The maximum Gasteiger partial charge on any atom is 0.410 e. The van der Waals surface area contributed by atoms with Gasteiger partial charge in [0.2, 0.25) is 0 Å². The van der Waals surface area contributed by atoms with Crippen LogP contribution in [0.4, 0.5) is 9.59 Å². The van der Waals surface area contributed by atoms with Gasteiger partial charge in [-0.2, -0.15) is 0 Å². The molecule has 0 aromatic carbocycles. The van der Waals surface area contributed by atoms with Crippen LogP contribution in [0, 0.1) is 23.7 Å². The standard InChI is InChI=1S/C18H30N2O4/c1-17(2,3)23-15(21)19-7-11-12(8-19)14-10-20(9-13(11)14)16(22)24-18(4,5)6/h11-14H,7-10H2,1-6H3. The molecule has 2 heterocycles. The van der Waals surface area contributed by atoms with Gasteiger partial charge in [-0.25, -0.2) is 9.59 Å². The van der Waals surface area contributed by atoms with Crippen molar-refractivity contribution < 1.29 is 19.1 Å². The Hall–Kier alpha value is -1.46. The molecule has 1 saturated carbocycles. The van der Waals surface area contributed by atoms with Gasteiger partial charge in [-0.3, -0.25) is 0 Å². The number of amides is 2. The van der Waals surface area contributed by atoms with Crippen LogP contribution < -0.4 is 0 Å². The molecule has 0 aromatic heterocycles. The van der Waals surface area contributed by atoms with Crippen LogP contribution in [-0.4, -0.2) is 59.4 Å². The van der Waals surface area contributed by atoms with Crippen molar-refractivity contribution in [3.8, 4) is 0 Å². The fourth-order valence-electron chi connectivity index (χ4n) is 4.33. The van der Waals surface area contributed by atoms with E-state index in [1.165, 1.54) is 0 Å². The Bertz CT molecular complexity index is 458. The minimum Gasteiger partial charge on any atom is -0.444 e. The average Bonchev–Trinajstić information content (AvgIpc) is 2.91. The molecule has 0 bridgehead atoms. The van der Waals surface area contributed by atoms with Crippen LogP contribution >= 0.6 is 0 Å². The number of rotatable bonds is 0. The fourth-order valence-corrected chi connectivity index (χ4v) is 4.33. The van der Waals surface area contributed by atoms with E-state index in [1.807, 2.05) is 51.3 Å². The molecule has 0 aromatic rings. The first kappa shape index (κ1) is 17.4. The molecule has 3 rings (SSSR count). The van der Waals surface area contributed by atoms with E-state index in [0.29, 0.717) is 23.7 Å². The van der Waals surface area contributed by atoms with Crippen LogP contribution in [-0.2, 0) is 9.47 Å². The number of hydrogen-bond acceptors (Lipinski definition) is 4. The monoisotopic (exact) mass is 338 g/mol. The molecule has 6 nitrogen and oxygen atoms in total. The second kappa shape index (κ2) is 5.53. The van der Waals surface area contributed by atoms with Crippen molar-refractivity contribution in [2.24, 2.45) is 23.7 Å². The SMILES string of the molecule is CC(C)(C)OC(=O)N1CC2C(C1)C1CN(C(=O)OC(C)(C)C)CC21. The molecule has 2 amide bonds. The minimum absolute atomic E-state index is 0.209. The highest BCUT2D eigenvalue weighted by molar-refractivity contribution is 5.70. The Morgan fingerprint density at radius 2 is 0.917 bits per heavy atom. The smallest absolute Gasteiger partial charge is 0.410 e. The van der Waals surface area contributed by atoms with E-state index < -0.39 is 11.2 Å². The summed E-state index contributed by atoms with van der Waals surface area (Å²) in [5, 5.41) is 0. The average molecular weight is 338 g/mol. The van der Waals surface area contributed by atoms with Crippen molar-refractivity contribution in [1.29, 1.82) is 0 Å². The zero-order valence-electron chi connectivity index (χ0n) is 15.7. The van der Waals surface area contributed by atoms with Gasteiger partial charge in [0.1, 0.15) is 11.2 Å². The molecular weight excluding hydrogens is 308 g/mol. The van der Waals surface area contributed by atoms with E-state index in [4.69, 9.17) is 9.47 Å². The summed E-state index contributed by atoms with van der Waals surface area (Å²) >= 11 is 0. The third-order valence-electron chi connectivity index (χ3n) is 5.23. The van der Waals surface area contributed by atoms with Gasteiger partial charge in [0, 0.05) is 26.2 Å². The van der Waals surface area contributed by atoms with Gasteiger partial charge in [0.25, 0.3) is 0 Å². The summed E-state index contributed by atoms with van der Waals surface area (Å²) in [6, 6.07) is 0. The molecule has 3 fully saturated rings. The molecule has 0 spiro atoms. The van der Waals surface area contributed by atoms with Crippen LogP contribution in [0.3, 0.4) is 0 Å². The number of nitrogens with zero attached hydrogens (tertiary/aromatic N) is 2. The zero-order valence-corrected chi connectivity index (χ0v) is 15.7. The molecule has 2 saturated heterocycles. The van der Waals surface area contributed by atoms with Gasteiger partial charge in [-0.15, -0.1) is 0 Å². The summed E-state index contributed by atoms with van der Waals surface area (Å²) < 4.78 is 11.0. The molecular formula is C18H30N2O4. The van der Waals surface area contributed by atoms with Crippen LogP contribution in [0.15, 0.2) is 0 Å². The second-order valence-corrected chi connectivity index (χ2v) is 9.43. The van der Waals surface area contributed by atoms with E-state index in [0.717, 1.165) is 26.2 Å². The van der Waals surface area contributed by atoms with Crippen LogP contribution in [0.5, 0.6) is 0 Å². The molecule has 0 N–H and O–H groups in total. The number of fused-ring (bicyclic) bond motifs is 4. The van der Waals surface area contributed by atoms with Crippen molar-refractivity contribution in [3.05, 3.63) is 0 Å². The second-order valence-electron chi connectivity index (χ2n) is 9.43. The van der Waals surface area contributed by atoms with Crippen molar-refractivity contribution in [1.82, 2.24) is 9.80 Å². The van der Waals surface area contributed by atoms with Crippen LogP contribution in [0.2, 0.25) is 0 Å². The van der Waals surface area contributed by atoms with Gasteiger partial charge < -0.3 is 19.3 Å². The lowest BCUT2D eigenvalue weighted by Crippen LogP contribution is -2.44. The normalized spacial score (nSPS) is 32.1. The molecule has 1 aliphatic carbocycles. The van der Waals surface area contributed by atoms with Crippen LogP contribution in [0.25, 0.3) is 0 Å². The predicted octanol–water partition coefficient (Wildman–Crippen LogP) is 2.97. The number of hydrogen-bond donors (Lipinski definition) is 0. The van der Waals surface area contributed by atoms with E-state index in [-0.39, 0.29) is 12.2 Å². The Morgan fingerprint density at radius 3 is 1.12 bits per heavy atom. The predicted molar refractivity (Wildman–Crippen MR) is 89.6 cm³/mol. The lowest BCUT2D eigenvalue weighted by molar-refractivity contribution is 0.0256. The van der Waals surface area contributed by atoms with Crippen molar-refractivity contribution in [2.75, 3.05) is 26.2 Å². The van der Waals surface area contributed by atoms with Gasteiger partial charge >= 0.3 is 12.2 Å². The molecule has 0 radical (unpaired) electrons. The maximum atomic E-state index is 12.2. The van der Waals surface area contributed by atoms with E-state index in [9.17, 15) is 9.59 Å². The Labute approximate surface area is 144 Å². The van der Waals surface area contributed by atoms with E-state index >= 15 is 0 Å².